The maximum Gasteiger partial charge on any atom is 0.472 e. The number of hydrogen-bond acceptors (Lipinski definition) is 15. The molecule has 0 aliphatic rings. The highest BCUT2D eigenvalue weighted by atomic mass is 31.2. The van der Waals surface area contributed by atoms with Gasteiger partial charge in [-0.3, -0.25) is 37.3 Å². The first-order valence-electron chi connectivity index (χ1n) is 36.7. The fourth-order valence-corrected chi connectivity index (χ4v) is 12.2. The molecule has 6 atom stereocenters. The van der Waals surface area contributed by atoms with E-state index in [2.05, 4.69) is 55.4 Å². The third-order valence-electron chi connectivity index (χ3n) is 16.7. The van der Waals surface area contributed by atoms with Crippen molar-refractivity contribution in [3.63, 3.8) is 0 Å². The first-order valence-corrected chi connectivity index (χ1v) is 39.7. The van der Waals surface area contributed by atoms with Crippen molar-refractivity contribution >= 4 is 39.5 Å². The highest BCUT2D eigenvalue weighted by Gasteiger charge is 2.30. The lowest BCUT2D eigenvalue weighted by atomic mass is 9.99. The molecular formula is C71H138O17P2. The molecule has 0 amide bonds. The Balaban J connectivity index is 5.22. The third kappa shape index (κ3) is 63.5. The molecule has 0 fully saturated rings. The number of carbonyl (C=O) groups is 4. The molecule has 19 heteroatoms. The summed E-state index contributed by atoms with van der Waals surface area (Å²) < 4.78 is 68.3. The summed E-state index contributed by atoms with van der Waals surface area (Å²) in [6.07, 6.45) is 43.2. The van der Waals surface area contributed by atoms with Crippen LogP contribution in [0.1, 0.15) is 351 Å². The van der Waals surface area contributed by atoms with E-state index in [0.29, 0.717) is 31.6 Å². The van der Waals surface area contributed by atoms with Crippen molar-refractivity contribution in [1.82, 2.24) is 0 Å². The number of phosphoric acid groups is 2. The van der Waals surface area contributed by atoms with Crippen LogP contribution in [0.25, 0.3) is 0 Å². The van der Waals surface area contributed by atoms with Crippen LogP contribution in [-0.2, 0) is 65.4 Å². The van der Waals surface area contributed by atoms with Crippen molar-refractivity contribution in [1.29, 1.82) is 0 Å². The van der Waals surface area contributed by atoms with Gasteiger partial charge in [0, 0.05) is 25.7 Å². The molecule has 90 heavy (non-hydrogen) atoms. The van der Waals surface area contributed by atoms with Crippen molar-refractivity contribution in [2.75, 3.05) is 39.6 Å². The van der Waals surface area contributed by atoms with Gasteiger partial charge >= 0.3 is 39.5 Å². The molecule has 0 bridgehead atoms. The van der Waals surface area contributed by atoms with Gasteiger partial charge in [0.2, 0.25) is 0 Å². The SMILES string of the molecule is CCC(C)CCCCCCCCCCCCCCCCC(=O)O[C@H](COC(=O)CCCCCCCCCCC(C)C)COP(=O)(O)OCC(O)COP(=O)(O)OC[C@@H](COC(=O)CCCCCCCCCCC(C)C)OC(=O)CCCCCCCCCC(C)C. The van der Waals surface area contributed by atoms with Gasteiger partial charge in [0.15, 0.2) is 12.2 Å². The number of esters is 4. The molecule has 0 aliphatic carbocycles. The number of phosphoric ester groups is 2. The number of aliphatic hydroxyl groups excluding tert-OH is 1. The van der Waals surface area contributed by atoms with E-state index in [1.165, 1.54) is 154 Å². The van der Waals surface area contributed by atoms with Crippen LogP contribution in [0.15, 0.2) is 0 Å². The zero-order valence-corrected chi connectivity index (χ0v) is 60.6. The maximum absolute atomic E-state index is 13.0. The van der Waals surface area contributed by atoms with Crippen LogP contribution in [0.5, 0.6) is 0 Å². The Morgan fingerprint density at radius 3 is 0.789 bits per heavy atom. The number of hydrogen-bond donors (Lipinski definition) is 3. The normalized spacial score (nSPS) is 14.6. The lowest BCUT2D eigenvalue weighted by Gasteiger charge is -2.21. The zero-order valence-electron chi connectivity index (χ0n) is 58.8. The molecule has 0 spiro atoms. The minimum atomic E-state index is -4.95. The molecule has 0 saturated carbocycles. The summed E-state index contributed by atoms with van der Waals surface area (Å²) in [4.78, 5) is 72.5. The van der Waals surface area contributed by atoms with Crippen LogP contribution in [0.3, 0.4) is 0 Å². The van der Waals surface area contributed by atoms with E-state index in [4.69, 9.17) is 37.0 Å². The monoisotopic (exact) mass is 1320 g/mol. The van der Waals surface area contributed by atoms with Crippen LogP contribution in [0, 0.1) is 23.7 Å². The summed E-state index contributed by atoms with van der Waals surface area (Å²) >= 11 is 0. The molecule has 4 unspecified atom stereocenters. The molecule has 0 aromatic carbocycles. The maximum atomic E-state index is 13.0. The Morgan fingerprint density at radius 2 is 0.533 bits per heavy atom. The second-order valence-electron chi connectivity index (χ2n) is 27.3. The average molecular weight is 1330 g/mol. The predicted molar refractivity (Wildman–Crippen MR) is 363 cm³/mol. The second kappa shape index (κ2) is 60.7. The Kier molecular flexibility index (Phi) is 59.4. The lowest BCUT2D eigenvalue weighted by Crippen LogP contribution is -2.30. The topological polar surface area (TPSA) is 237 Å². The lowest BCUT2D eigenvalue weighted by molar-refractivity contribution is -0.161. The van der Waals surface area contributed by atoms with Crippen molar-refractivity contribution < 1.29 is 80.2 Å². The van der Waals surface area contributed by atoms with E-state index in [1.54, 1.807) is 0 Å². The van der Waals surface area contributed by atoms with Crippen LogP contribution in [0.2, 0.25) is 0 Å². The third-order valence-corrected chi connectivity index (χ3v) is 18.6. The number of ether oxygens (including phenoxy) is 4. The average Bonchev–Trinajstić information content (AvgIpc) is 2.68. The van der Waals surface area contributed by atoms with Gasteiger partial charge < -0.3 is 33.8 Å². The largest absolute Gasteiger partial charge is 0.472 e. The minimum Gasteiger partial charge on any atom is -0.462 e. The van der Waals surface area contributed by atoms with Crippen molar-refractivity contribution in [2.45, 2.75) is 369 Å². The van der Waals surface area contributed by atoms with Crippen molar-refractivity contribution in [3.8, 4) is 0 Å². The van der Waals surface area contributed by atoms with Gasteiger partial charge in [-0.15, -0.1) is 0 Å². The number of aliphatic hydroxyl groups is 1. The van der Waals surface area contributed by atoms with Gasteiger partial charge in [0.1, 0.15) is 19.3 Å². The Bertz CT molecular complexity index is 1780. The number of unbranched alkanes of at least 4 members (excludes halogenated alkanes) is 33. The van der Waals surface area contributed by atoms with E-state index in [9.17, 15) is 43.2 Å². The van der Waals surface area contributed by atoms with Gasteiger partial charge in [-0.05, 0) is 49.4 Å². The van der Waals surface area contributed by atoms with Gasteiger partial charge in [-0.1, -0.05) is 299 Å². The quantitative estimate of drug-likeness (QED) is 0.0222. The Morgan fingerprint density at radius 1 is 0.311 bits per heavy atom. The minimum absolute atomic E-state index is 0.102. The van der Waals surface area contributed by atoms with E-state index in [0.717, 1.165) is 108 Å². The molecule has 0 radical (unpaired) electrons. The highest BCUT2D eigenvalue weighted by Crippen LogP contribution is 2.45. The van der Waals surface area contributed by atoms with Crippen LogP contribution in [-0.4, -0.2) is 96.7 Å². The highest BCUT2D eigenvalue weighted by molar-refractivity contribution is 7.47. The van der Waals surface area contributed by atoms with E-state index >= 15 is 0 Å². The Labute approximate surface area is 549 Å². The van der Waals surface area contributed by atoms with Crippen LogP contribution in [0.4, 0.5) is 0 Å². The summed E-state index contributed by atoms with van der Waals surface area (Å²) in [5.41, 5.74) is 0. The molecule has 0 rings (SSSR count). The molecule has 0 heterocycles. The molecule has 0 aliphatic heterocycles. The van der Waals surface area contributed by atoms with E-state index < -0.39 is 97.5 Å². The van der Waals surface area contributed by atoms with Gasteiger partial charge in [-0.25, -0.2) is 9.13 Å². The van der Waals surface area contributed by atoms with Crippen molar-refractivity contribution in [2.24, 2.45) is 23.7 Å². The van der Waals surface area contributed by atoms with Crippen molar-refractivity contribution in [3.05, 3.63) is 0 Å². The van der Waals surface area contributed by atoms with Gasteiger partial charge in [0.05, 0.1) is 26.4 Å². The molecular weight excluding hydrogens is 1190 g/mol. The fraction of sp³-hybridized carbons (Fsp3) is 0.944. The van der Waals surface area contributed by atoms with Gasteiger partial charge in [0.25, 0.3) is 0 Å². The molecule has 3 N–H and O–H groups in total. The van der Waals surface area contributed by atoms with Gasteiger partial charge in [-0.2, -0.15) is 0 Å². The summed E-state index contributed by atoms with van der Waals surface area (Å²) in [6, 6.07) is 0. The fourth-order valence-electron chi connectivity index (χ4n) is 10.6. The molecule has 0 aromatic rings. The van der Waals surface area contributed by atoms with Crippen LogP contribution >= 0.6 is 15.6 Å². The molecule has 0 aromatic heterocycles. The summed E-state index contributed by atoms with van der Waals surface area (Å²) in [6.45, 7) is 14.1. The summed E-state index contributed by atoms with van der Waals surface area (Å²) in [7, 11) is -9.90. The molecule has 534 valence electrons. The second-order valence-corrected chi connectivity index (χ2v) is 30.2. The Hall–Kier alpha value is -1.94. The van der Waals surface area contributed by atoms with Crippen LogP contribution < -0.4 is 0 Å². The van der Waals surface area contributed by atoms with E-state index in [1.807, 2.05) is 0 Å². The van der Waals surface area contributed by atoms with E-state index in [-0.39, 0.29) is 25.7 Å². The summed E-state index contributed by atoms with van der Waals surface area (Å²) in [5, 5.41) is 10.6. The zero-order chi connectivity index (χ0) is 66.8. The molecule has 17 nitrogen and oxygen atoms in total. The summed E-state index contributed by atoms with van der Waals surface area (Å²) in [5.74, 6) is 0.863. The predicted octanol–water partition coefficient (Wildman–Crippen LogP) is 20.1. The standard InChI is InChI=1S/C71H138O17P2/c1-9-64(8)50-42-34-26-16-14-12-10-11-13-15-17-29-37-45-53-70(75)87-66(57-81-68(73)51-43-35-27-20-18-23-31-39-47-61(2)3)59-85-89(77,78)83-55-65(72)56-84-90(79,80)86-60-67(88-71(76)54-46-38-30-22-25-33-41-49-63(6)7)58-82-69(74)52-44-36-28-21-19-24-32-40-48-62(4)5/h61-67,72H,9-60H2,1-8H3,(H,77,78)(H,79,80)/t64?,65?,66-,67-/m1/s1. The number of rotatable bonds is 68. The first kappa shape index (κ1) is 88.1. The smallest absolute Gasteiger partial charge is 0.462 e. The number of carbonyl (C=O) groups excluding carboxylic acids is 4. The first-order chi connectivity index (χ1) is 43.1. The molecule has 0 saturated heterocycles.